The van der Waals surface area contributed by atoms with Gasteiger partial charge in [0.25, 0.3) is 15.9 Å². The van der Waals surface area contributed by atoms with E-state index < -0.39 is 16.1 Å². The maximum atomic E-state index is 14.5. The van der Waals surface area contributed by atoms with Crippen molar-refractivity contribution in [2.24, 2.45) is 5.41 Å². The molecule has 2 aromatic carbocycles. The standard InChI is InChI=1S/C36H43N7O4S/c1-22-10-8-11-23(2)33(22)29-18-32-40-35(38-29)41-48(45,46)28-13-9-12-26(17-28)34(44)42(27(21-47-32)19-36(5,6)7)20-30-37-15-14-31(39-30)43-24(3)16-25(43)4/h8-15,17-18,24-25,27H,16,19-21H2,1-7H3,(H,38,40,41)/t24-,25-,27-/m1/s1. The van der Waals surface area contributed by atoms with Crippen molar-refractivity contribution in [2.45, 2.75) is 90.9 Å². The fourth-order valence-corrected chi connectivity index (χ4v) is 7.77. The Kier molecular flexibility index (Phi) is 8.88. The summed E-state index contributed by atoms with van der Waals surface area (Å²) >= 11 is 0. The van der Waals surface area contributed by atoms with Gasteiger partial charge in [-0.15, -0.1) is 0 Å². The fraction of sp³-hybridized carbons (Fsp3) is 0.417. The quantitative estimate of drug-likeness (QED) is 0.265. The molecule has 3 atom stereocenters. The Morgan fingerprint density at radius 3 is 2.35 bits per heavy atom. The number of hydrogen-bond donors (Lipinski definition) is 1. The number of sulfonamides is 1. The van der Waals surface area contributed by atoms with Crippen molar-refractivity contribution < 1.29 is 17.9 Å². The molecule has 4 heterocycles. The largest absolute Gasteiger partial charge is 0.475 e. The first-order chi connectivity index (χ1) is 22.7. The molecule has 2 aliphatic heterocycles. The number of rotatable bonds is 5. The van der Waals surface area contributed by atoms with Crippen LogP contribution < -0.4 is 14.4 Å². The minimum atomic E-state index is -4.17. The molecule has 0 unspecified atom stereocenters. The van der Waals surface area contributed by atoms with E-state index in [0.717, 1.165) is 28.9 Å². The topological polar surface area (TPSA) is 131 Å². The van der Waals surface area contributed by atoms with Crippen LogP contribution in [0.15, 0.2) is 65.7 Å². The Balaban J connectivity index is 1.47. The third kappa shape index (κ3) is 6.99. The zero-order valence-corrected chi connectivity index (χ0v) is 29.4. The van der Waals surface area contributed by atoms with Gasteiger partial charge in [0.15, 0.2) is 0 Å². The first-order valence-electron chi connectivity index (χ1n) is 16.3. The highest BCUT2D eigenvalue weighted by molar-refractivity contribution is 7.92. The molecule has 0 saturated carbocycles. The van der Waals surface area contributed by atoms with Crippen molar-refractivity contribution in [3.8, 4) is 17.1 Å². The molecule has 4 bridgehead atoms. The molecule has 1 fully saturated rings. The molecule has 11 nitrogen and oxygen atoms in total. The van der Waals surface area contributed by atoms with Gasteiger partial charge in [0.1, 0.15) is 18.2 Å². The molecule has 2 aliphatic rings. The SMILES string of the molecule is Cc1cccc(C)c1-c1cc2nc(n1)NS(=O)(=O)c1cccc(c1)C(=O)N(Cc1nccc(N3[C@H](C)C[C@H]3C)n1)[C@H](CC(C)(C)C)CO2. The van der Waals surface area contributed by atoms with Crippen molar-refractivity contribution in [1.29, 1.82) is 0 Å². The lowest BCUT2D eigenvalue weighted by atomic mass is 9.87. The monoisotopic (exact) mass is 669 g/mol. The number of nitrogens with one attached hydrogen (secondary N) is 1. The van der Waals surface area contributed by atoms with Gasteiger partial charge in [-0.25, -0.2) is 28.1 Å². The predicted molar refractivity (Wildman–Crippen MR) is 185 cm³/mol. The number of fused-ring (bicyclic) bond motifs is 4. The summed E-state index contributed by atoms with van der Waals surface area (Å²) in [4.78, 5) is 36.9. The molecule has 0 spiro atoms. The summed E-state index contributed by atoms with van der Waals surface area (Å²) in [6.07, 6.45) is 3.39. The normalized spacial score (nSPS) is 20.8. The molecule has 12 heteroatoms. The van der Waals surface area contributed by atoms with Gasteiger partial charge < -0.3 is 14.5 Å². The van der Waals surface area contributed by atoms with Crippen molar-refractivity contribution in [1.82, 2.24) is 24.8 Å². The lowest BCUT2D eigenvalue weighted by molar-refractivity contribution is 0.0505. The van der Waals surface area contributed by atoms with Crippen LogP contribution in [0.25, 0.3) is 11.3 Å². The zero-order valence-electron chi connectivity index (χ0n) is 28.6. The number of aryl methyl sites for hydroxylation is 2. The number of hydrogen-bond acceptors (Lipinski definition) is 9. The smallest absolute Gasteiger partial charge is 0.264 e. The zero-order chi connectivity index (χ0) is 34.4. The van der Waals surface area contributed by atoms with E-state index in [0.29, 0.717) is 30.0 Å². The molecule has 4 aromatic rings. The molecule has 1 N–H and O–H groups in total. The molecule has 0 radical (unpaired) electrons. The van der Waals surface area contributed by atoms with Crippen LogP contribution >= 0.6 is 0 Å². The highest BCUT2D eigenvalue weighted by atomic mass is 32.2. The number of ether oxygens (including phenoxy) is 1. The summed E-state index contributed by atoms with van der Waals surface area (Å²) in [5.74, 6) is 1.03. The molecule has 6 rings (SSSR count). The van der Waals surface area contributed by atoms with Crippen LogP contribution in [0.1, 0.15) is 74.8 Å². The summed E-state index contributed by atoms with van der Waals surface area (Å²) in [5, 5.41) is 0. The fourth-order valence-electron chi connectivity index (χ4n) is 6.78. The van der Waals surface area contributed by atoms with Gasteiger partial charge >= 0.3 is 0 Å². The number of nitrogens with zero attached hydrogens (tertiary/aromatic N) is 6. The average Bonchev–Trinajstić information content (AvgIpc) is 3.01. The van der Waals surface area contributed by atoms with Crippen LogP contribution in [-0.2, 0) is 16.6 Å². The van der Waals surface area contributed by atoms with Crippen molar-refractivity contribution in [3.05, 3.63) is 83.3 Å². The molecule has 252 valence electrons. The van der Waals surface area contributed by atoms with Gasteiger partial charge in [-0.2, -0.15) is 4.98 Å². The van der Waals surface area contributed by atoms with E-state index in [9.17, 15) is 13.2 Å². The summed E-state index contributed by atoms with van der Waals surface area (Å²) in [6, 6.07) is 15.8. The van der Waals surface area contributed by atoms with Gasteiger partial charge in [0.2, 0.25) is 11.8 Å². The number of carbonyl (C=O) groups excluding carboxylic acids is 1. The third-order valence-corrected chi connectivity index (χ3v) is 10.3. The number of carbonyl (C=O) groups is 1. The highest BCUT2D eigenvalue weighted by Crippen LogP contribution is 2.33. The Hall–Kier alpha value is -4.58. The molecule has 48 heavy (non-hydrogen) atoms. The summed E-state index contributed by atoms with van der Waals surface area (Å²) < 4.78 is 36.3. The minimum Gasteiger partial charge on any atom is -0.475 e. The van der Waals surface area contributed by atoms with Crippen LogP contribution in [0.4, 0.5) is 11.8 Å². The first-order valence-corrected chi connectivity index (χ1v) is 17.8. The van der Waals surface area contributed by atoms with E-state index in [-0.39, 0.29) is 46.8 Å². The van der Waals surface area contributed by atoms with E-state index >= 15 is 0 Å². The second-order valence-electron chi connectivity index (χ2n) is 14.1. The molecule has 1 saturated heterocycles. The number of amides is 1. The second kappa shape index (κ2) is 12.8. The predicted octanol–water partition coefficient (Wildman–Crippen LogP) is 6.18. The molecular formula is C36H43N7O4S. The summed E-state index contributed by atoms with van der Waals surface area (Å²) in [6.45, 7) is 14.8. The third-order valence-electron chi connectivity index (χ3n) is 8.93. The lowest BCUT2D eigenvalue weighted by Gasteiger charge is -2.46. The molecule has 0 aliphatic carbocycles. The van der Waals surface area contributed by atoms with E-state index in [4.69, 9.17) is 9.72 Å². The average molecular weight is 670 g/mol. The number of aromatic nitrogens is 4. The van der Waals surface area contributed by atoms with Crippen LogP contribution in [0.5, 0.6) is 5.88 Å². The first kappa shape index (κ1) is 33.3. The minimum absolute atomic E-state index is 0.0810. The maximum Gasteiger partial charge on any atom is 0.264 e. The lowest BCUT2D eigenvalue weighted by Crippen LogP contribution is -2.53. The van der Waals surface area contributed by atoms with E-state index in [1.807, 2.05) is 38.1 Å². The highest BCUT2D eigenvalue weighted by Gasteiger charge is 2.34. The second-order valence-corrected chi connectivity index (χ2v) is 15.8. The van der Waals surface area contributed by atoms with Crippen LogP contribution in [-0.4, -0.2) is 63.9 Å². The van der Waals surface area contributed by atoms with E-state index in [1.54, 1.807) is 29.3 Å². The van der Waals surface area contributed by atoms with Crippen molar-refractivity contribution >= 4 is 27.7 Å². The molecule has 1 amide bonds. The van der Waals surface area contributed by atoms with Crippen molar-refractivity contribution in [2.75, 3.05) is 16.2 Å². The Bertz CT molecular complexity index is 1930. The number of benzene rings is 2. The number of anilines is 2. The van der Waals surface area contributed by atoms with E-state index in [2.05, 4.69) is 59.2 Å². The Morgan fingerprint density at radius 2 is 1.67 bits per heavy atom. The van der Waals surface area contributed by atoms with E-state index in [1.165, 1.54) is 12.1 Å². The van der Waals surface area contributed by atoms with Gasteiger partial charge in [0.05, 0.1) is 23.2 Å². The van der Waals surface area contributed by atoms with Crippen LogP contribution in [0, 0.1) is 19.3 Å². The Morgan fingerprint density at radius 1 is 0.958 bits per heavy atom. The van der Waals surface area contributed by atoms with Gasteiger partial charge in [-0.1, -0.05) is 45.0 Å². The van der Waals surface area contributed by atoms with Gasteiger partial charge in [0, 0.05) is 35.5 Å². The van der Waals surface area contributed by atoms with Crippen LogP contribution in [0.3, 0.4) is 0 Å². The maximum absolute atomic E-state index is 14.5. The molecular weight excluding hydrogens is 627 g/mol. The Labute approximate surface area is 282 Å². The van der Waals surface area contributed by atoms with Gasteiger partial charge in [-0.3, -0.25) is 4.79 Å². The molecule has 2 aromatic heterocycles. The van der Waals surface area contributed by atoms with Crippen LogP contribution in [0.2, 0.25) is 0 Å². The summed E-state index contributed by atoms with van der Waals surface area (Å²) in [5.41, 5.74) is 3.37. The summed E-state index contributed by atoms with van der Waals surface area (Å²) in [7, 11) is -4.17. The van der Waals surface area contributed by atoms with Gasteiger partial charge in [-0.05, 0) is 81.3 Å². The van der Waals surface area contributed by atoms with Crippen molar-refractivity contribution in [3.63, 3.8) is 0 Å².